The lowest BCUT2D eigenvalue weighted by Gasteiger charge is -2.37. The van der Waals surface area contributed by atoms with Gasteiger partial charge in [-0.05, 0) is 19.0 Å². The second-order valence-corrected chi connectivity index (χ2v) is 8.21. The number of β-amino-alcohol motifs (C(OH)–C–C–N with tert-alkyl or cyclic N) is 1. The average Bonchev–Trinajstić information content (AvgIpc) is 3.20. The van der Waals surface area contributed by atoms with Crippen LogP contribution in [0.5, 0.6) is 5.88 Å². The molecule has 30 heavy (non-hydrogen) atoms. The molecule has 2 fully saturated rings. The van der Waals surface area contributed by atoms with Crippen molar-refractivity contribution in [2.24, 2.45) is 7.05 Å². The first kappa shape index (κ1) is 20.6. The number of hydrogen-bond donors (Lipinski definition) is 2. The number of aromatic nitrogens is 1. The van der Waals surface area contributed by atoms with Gasteiger partial charge in [0, 0.05) is 57.8 Å². The maximum Gasteiger partial charge on any atom is 0.512 e. The average molecular weight is 416 g/mol. The third-order valence-electron chi connectivity index (χ3n) is 6.18. The molecule has 1 aromatic heterocycles. The summed E-state index contributed by atoms with van der Waals surface area (Å²) in [6.07, 6.45) is -1.25. The van der Waals surface area contributed by atoms with Crippen molar-refractivity contribution in [1.82, 2.24) is 19.3 Å². The van der Waals surface area contributed by atoms with Crippen LogP contribution in [-0.2, 0) is 18.4 Å². The third-order valence-corrected chi connectivity index (χ3v) is 6.18. The first-order valence-electron chi connectivity index (χ1n) is 10.2. The number of aliphatic hydroxyl groups is 1. The van der Waals surface area contributed by atoms with Crippen molar-refractivity contribution in [3.8, 4) is 5.88 Å². The number of benzene rings is 1. The number of rotatable bonds is 4. The number of piperazine rings is 1. The topological polar surface area (TPSA) is 98.5 Å². The third kappa shape index (κ3) is 4.00. The molecule has 2 aliphatic heterocycles. The van der Waals surface area contributed by atoms with Gasteiger partial charge in [-0.3, -0.25) is 14.6 Å². The molecule has 9 nitrogen and oxygen atoms in total. The predicted octanol–water partition coefficient (Wildman–Crippen LogP) is 0.944. The second kappa shape index (κ2) is 8.25. The Morgan fingerprint density at radius 1 is 1.17 bits per heavy atom. The Morgan fingerprint density at radius 2 is 1.90 bits per heavy atom. The number of para-hydroxylation sites is 1. The van der Waals surface area contributed by atoms with Gasteiger partial charge in [0.1, 0.15) is 0 Å². The Labute approximate surface area is 175 Å². The molecule has 2 saturated heterocycles. The van der Waals surface area contributed by atoms with Crippen LogP contribution in [0.3, 0.4) is 0 Å². The summed E-state index contributed by atoms with van der Waals surface area (Å²) in [5.41, 5.74) is 2.04. The van der Waals surface area contributed by atoms with Gasteiger partial charge in [-0.2, -0.15) is 0 Å². The van der Waals surface area contributed by atoms with E-state index in [0.29, 0.717) is 38.5 Å². The molecule has 0 unspecified atom stereocenters. The second-order valence-electron chi connectivity index (χ2n) is 8.21. The van der Waals surface area contributed by atoms with Crippen LogP contribution >= 0.6 is 0 Å². The van der Waals surface area contributed by atoms with E-state index in [2.05, 4.69) is 4.90 Å². The van der Waals surface area contributed by atoms with Crippen molar-refractivity contribution in [2.75, 3.05) is 39.8 Å². The van der Waals surface area contributed by atoms with E-state index >= 15 is 0 Å². The van der Waals surface area contributed by atoms with Gasteiger partial charge in [-0.25, -0.2) is 4.79 Å². The minimum atomic E-state index is -1.33. The zero-order valence-corrected chi connectivity index (χ0v) is 17.3. The number of carbonyl (C=O) groups excluding carboxylic acids is 1. The van der Waals surface area contributed by atoms with Crippen LogP contribution in [0.25, 0.3) is 10.9 Å². The molecule has 1 aromatic carbocycles. The number of carbonyl (C=O) groups is 2. The highest BCUT2D eigenvalue weighted by Gasteiger charge is 2.36. The number of amides is 1. The zero-order chi connectivity index (χ0) is 21.4. The number of ether oxygens (including phenoxy) is 1. The van der Waals surface area contributed by atoms with Gasteiger partial charge in [-0.1, -0.05) is 18.2 Å². The molecule has 1 amide bonds. The molecule has 3 heterocycles. The number of nitrogens with zero attached hydrogens (tertiary/aromatic N) is 4. The van der Waals surface area contributed by atoms with Crippen LogP contribution in [0, 0.1) is 0 Å². The molecule has 2 aromatic rings. The van der Waals surface area contributed by atoms with E-state index in [1.165, 1.54) is 0 Å². The molecular formula is C21H28N4O5. The Kier molecular flexibility index (Phi) is 5.68. The summed E-state index contributed by atoms with van der Waals surface area (Å²) < 4.78 is 6.64. The van der Waals surface area contributed by atoms with Crippen molar-refractivity contribution in [2.45, 2.75) is 25.1 Å². The lowest BCUT2D eigenvalue weighted by molar-refractivity contribution is -0.137. The van der Waals surface area contributed by atoms with E-state index in [1.807, 2.05) is 35.0 Å². The number of hydrogen-bond acceptors (Lipinski definition) is 6. The Morgan fingerprint density at radius 3 is 2.53 bits per heavy atom. The number of fused-ring (bicyclic) bond motifs is 1. The van der Waals surface area contributed by atoms with Crippen molar-refractivity contribution in [3.63, 3.8) is 0 Å². The van der Waals surface area contributed by atoms with E-state index in [4.69, 9.17) is 9.84 Å². The fourth-order valence-electron chi connectivity index (χ4n) is 4.63. The fourth-order valence-corrected chi connectivity index (χ4v) is 4.63. The highest BCUT2D eigenvalue weighted by Crippen LogP contribution is 2.28. The summed E-state index contributed by atoms with van der Waals surface area (Å²) in [7, 11) is 3.69. The summed E-state index contributed by atoms with van der Waals surface area (Å²) >= 11 is 0. The van der Waals surface area contributed by atoms with Gasteiger partial charge in [0.25, 0.3) is 0 Å². The normalized spacial score (nSPS) is 23.2. The van der Waals surface area contributed by atoms with Gasteiger partial charge in [0.2, 0.25) is 11.8 Å². The first-order valence-corrected chi connectivity index (χ1v) is 10.2. The Bertz CT molecular complexity index is 950. The van der Waals surface area contributed by atoms with E-state index in [-0.39, 0.29) is 11.9 Å². The standard InChI is InChI=1S/C21H28N4O5/c1-22-13-16(26)11-17(22)20(27)25-8-6-24(7-9-25)12-15-5-3-4-14-10-18(30-21(28)29)23(2)19(14)15/h3-5,10,16-17,26H,6-9,11-13H2,1-2H3,(H,28,29)/t16-,17-/m0/s1. The van der Waals surface area contributed by atoms with Gasteiger partial charge >= 0.3 is 6.16 Å². The van der Waals surface area contributed by atoms with Crippen LogP contribution in [0.2, 0.25) is 0 Å². The monoisotopic (exact) mass is 416 g/mol. The quantitative estimate of drug-likeness (QED) is 0.716. The predicted molar refractivity (Wildman–Crippen MR) is 110 cm³/mol. The van der Waals surface area contributed by atoms with Crippen LogP contribution < -0.4 is 4.74 Å². The minimum Gasteiger partial charge on any atom is -0.449 e. The van der Waals surface area contributed by atoms with Crippen LogP contribution in [-0.4, -0.2) is 93.5 Å². The van der Waals surface area contributed by atoms with E-state index in [1.54, 1.807) is 17.7 Å². The van der Waals surface area contributed by atoms with Crippen molar-refractivity contribution in [1.29, 1.82) is 0 Å². The summed E-state index contributed by atoms with van der Waals surface area (Å²) in [4.78, 5) is 29.9. The number of aryl methyl sites for hydroxylation is 1. The fraction of sp³-hybridized carbons (Fsp3) is 0.524. The lowest BCUT2D eigenvalue weighted by Crippen LogP contribution is -2.52. The molecule has 2 atom stereocenters. The number of likely N-dealkylation sites (tertiary alicyclic amines) is 1. The maximum atomic E-state index is 12.8. The molecule has 9 heteroatoms. The zero-order valence-electron chi connectivity index (χ0n) is 17.3. The Balaban J connectivity index is 1.42. The minimum absolute atomic E-state index is 0.105. The molecule has 0 spiro atoms. The number of carboxylic acid groups (broad SMARTS) is 1. The van der Waals surface area contributed by atoms with Crippen molar-refractivity contribution < 1.29 is 24.5 Å². The molecule has 0 radical (unpaired) electrons. The molecule has 0 aliphatic carbocycles. The number of aliphatic hydroxyl groups excluding tert-OH is 1. The molecule has 2 N–H and O–H groups in total. The summed E-state index contributed by atoms with van der Waals surface area (Å²) in [6.45, 7) is 4.12. The largest absolute Gasteiger partial charge is 0.512 e. The van der Waals surface area contributed by atoms with E-state index in [9.17, 15) is 14.7 Å². The first-order chi connectivity index (χ1) is 14.3. The molecule has 162 valence electrons. The van der Waals surface area contributed by atoms with Gasteiger partial charge < -0.3 is 24.4 Å². The highest BCUT2D eigenvalue weighted by molar-refractivity contribution is 5.86. The maximum absolute atomic E-state index is 12.8. The molecule has 0 bridgehead atoms. The smallest absolute Gasteiger partial charge is 0.449 e. The highest BCUT2D eigenvalue weighted by atomic mass is 16.7. The molecule has 2 aliphatic rings. The van der Waals surface area contributed by atoms with Crippen molar-refractivity contribution in [3.05, 3.63) is 29.8 Å². The summed E-state index contributed by atoms with van der Waals surface area (Å²) in [5, 5.41) is 19.7. The lowest BCUT2D eigenvalue weighted by atomic mass is 10.1. The van der Waals surface area contributed by atoms with Gasteiger partial charge in [-0.15, -0.1) is 0 Å². The van der Waals surface area contributed by atoms with Gasteiger partial charge in [0.05, 0.1) is 17.7 Å². The molecular weight excluding hydrogens is 388 g/mol. The van der Waals surface area contributed by atoms with Crippen LogP contribution in [0.15, 0.2) is 24.3 Å². The molecule has 4 rings (SSSR count). The number of likely N-dealkylation sites (N-methyl/N-ethyl adjacent to an activating group) is 1. The van der Waals surface area contributed by atoms with E-state index < -0.39 is 12.3 Å². The van der Waals surface area contributed by atoms with Crippen LogP contribution in [0.4, 0.5) is 4.79 Å². The Hall–Kier alpha value is -2.62. The van der Waals surface area contributed by atoms with Gasteiger partial charge in [0.15, 0.2) is 0 Å². The summed E-state index contributed by atoms with van der Waals surface area (Å²) in [6, 6.07) is 7.45. The SMILES string of the molecule is CN1C[C@@H](O)C[C@H]1C(=O)N1CCN(Cc2cccc3cc(OC(=O)O)n(C)c23)CC1. The van der Waals surface area contributed by atoms with Crippen LogP contribution in [0.1, 0.15) is 12.0 Å². The van der Waals surface area contributed by atoms with E-state index in [0.717, 1.165) is 29.6 Å². The van der Waals surface area contributed by atoms with Crippen molar-refractivity contribution >= 4 is 23.0 Å². The molecule has 0 saturated carbocycles. The summed E-state index contributed by atoms with van der Waals surface area (Å²) in [5.74, 6) is 0.400.